The van der Waals surface area contributed by atoms with Crippen LogP contribution >= 0.6 is 11.6 Å². The summed E-state index contributed by atoms with van der Waals surface area (Å²) < 4.78 is 4.09. The summed E-state index contributed by atoms with van der Waals surface area (Å²) in [5.74, 6) is 1.34. The van der Waals surface area contributed by atoms with Crippen molar-refractivity contribution in [3.8, 4) is 0 Å². The minimum atomic E-state index is 0.313. The number of rotatable bonds is 4. The number of likely N-dealkylation sites (N-methyl/N-ethyl adjacent to an activating group) is 1. The first kappa shape index (κ1) is 13.4. The molecule has 0 aliphatic carbocycles. The van der Waals surface area contributed by atoms with Gasteiger partial charge in [-0.3, -0.25) is 4.68 Å². The number of aryl methyl sites for hydroxylation is 2. The van der Waals surface area contributed by atoms with Crippen molar-refractivity contribution in [2.75, 3.05) is 20.6 Å². The minimum absolute atomic E-state index is 0.313. The summed E-state index contributed by atoms with van der Waals surface area (Å²) in [6.07, 6.45) is 0. The van der Waals surface area contributed by atoms with Crippen molar-refractivity contribution in [3.63, 3.8) is 0 Å². The maximum Gasteiger partial charge on any atom is 0.158 e. The van der Waals surface area contributed by atoms with Crippen LogP contribution in [0.2, 0.25) is 0 Å². The smallest absolute Gasteiger partial charge is 0.158 e. The fraction of sp³-hybridized carbons (Fsp3) is 0.667. The van der Waals surface area contributed by atoms with Gasteiger partial charge in [-0.1, -0.05) is 0 Å². The zero-order valence-electron chi connectivity index (χ0n) is 11.6. The molecule has 2 aromatic heterocycles. The first-order valence-electron chi connectivity index (χ1n) is 6.06. The predicted octanol–water partition coefficient (Wildman–Crippen LogP) is 1.94. The average molecular weight is 270 g/mol. The van der Waals surface area contributed by atoms with Gasteiger partial charge in [0.05, 0.1) is 11.6 Å². The van der Waals surface area contributed by atoms with Gasteiger partial charge in [-0.05, 0) is 27.9 Å². The summed E-state index contributed by atoms with van der Waals surface area (Å²) in [5, 5.41) is 4.42. The maximum atomic E-state index is 6.02. The van der Waals surface area contributed by atoms with Gasteiger partial charge >= 0.3 is 0 Å². The van der Waals surface area contributed by atoms with E-state index in [1.165, 1.54) is 0 Å². The standard InChI is InChI=1S/C12H20ClN5/c1-8(7-16(3)4)18-10(6-13)14-11-9(2)15-17(5)12(11)18/h8H,6-7H2,1-5H3. The molecule has 0 aliphatic rings. The molecule has 18 heavy (non-hydrogen) atoms. The summed E-state index contributed by atoms with van der Waals surface area (Å²) in [6.45, 7) is 5.10. The van der Waals surface area contributed by atoms with Gasteiger partial charge in [-0.15, -0.1) is 11.6 Å². The first-order chi connectivity index (χ1) is 8.45. The number of alkyl halides is 1. The third kappa shape index (κ3) is 2.12. The molecule has 5 nitrogen and oxygen atoms in total. The van der Waals surface area contributed by atoms with Crippen LogP contribution in [0.3, 0.4) is 0 Å². The van der Waals surface area contributed by atoms with E-state index in [-0.39, 0.29) is 0 Å². The quantitative estimate of drug-likeness (QED) is 0.797. The molecule has 0 spiro atoms. The minimum Gasteiger partial charge on any atom is -0.308 e. The van der Waals surface area contributed by atoms with E-state index in [9.17, 15) is 0 Å². The Kier molecular flexibility index (Phi) is 3.64. The number of fused-ring (bicyclic) bond motifs is 1. The van der Waals surface area contributed by atoms with Crippen molar-refractivity contribution in [1.82, 2.24) is 24.2 Å². The van der Waals surface area contributed by atoms with Gasteiger partial charge in [0.2, 0.25) is 0 Å². The average Bonchev–Trinajstić information content (AvgIpc) is 2.77. The molecule has 2 aromatic rings. The highest BCUT2D eigenvalue weighted by Gasteiger charge is 2.20. The van der Waals surface area contributed by atoms with Crippen molar-refractivity contribution >= 4 is 22.8 Å². The largest absolute Gasteiger partial charge is 0.308 e. The van der Waals surface area contributed by atoms with E-state index in [0.717, 1.165) is 29.2 Å². The molecule has 6 heteroatoms. The number of imidazole rings is 1. The third-order valence-corrected chi connectivity index (χ3v) is 3.34. The van der Waals surface area contributed by atoms with Gasteiger partial charge in [0.15, 0.2) is 5.65 Å². The normalized spacial score (nSPS) is 13.7. The van der Waals surface area contributed by atoms with E-state index >= 15 is 0 Å². The third-order valence-electron chi connectivity index (χ3n) is 3.10. The van der Waals surface area contributed by atoms with Crippen LogP contribution in [-0.2, 0) is 12.9 Å². The van der Waals surface area contributed by atoms with E-state index < -0.39 is 0 Å². The van der Waals surface area contributed by atoms with Crippen LogP contribution in [0.5, 0.6) is 0 Å². The van der Waals surface area contributed by atoms with E-state index in [0.29, 0.717) is 11.9 Å². The first-order valence-corrected chi connectivity index (χ1v) is 6.60. The summed E-state index contributed by atoms with van der Waals surface area (Å²) in [4.78, 5) is 6.77. The molecule has 0 saturated carbocycles. The lowest BCUT2D eigenvalue weighted by Crippen LogP contribution is -2.24. The van der Waals surface area contributed by atoms with Crippen LogP contribution < -0.4 is 0 Å². The Morgan fingerprint density at radius 1 is 1.39 bits per heavy atom. The SMILES string of the molecule is Cc1nn(C)c2c1nc(CCl)n2C(C)CN(C)C. The zero-order valence-corrected chi connectivity index (χ0v) is 12.4. The number of hydrogen-bond donors (Lipinski definition) is 0. The summed E-state index contributed by atoms with van der Waals surface area (Å²) in [7, 11) is 6.09. The molecule has 0 bridgehead atoms. The molecule has 0 saturated heterocycles. The van der Waals surface area contributed by atoms with Crippen molar-refractivity contribution < 1.29 is 0 Å². The highest BCUT2D eigenvalue weighted by Crippen LogP contribution is 2.24. The number of halogens is 1. The van der Waals surface area contributed by atoms with Crippen LogP contribution in [0.1, 0.15) is 24.5 Å². The number of hydrogen-bond acceptors (Lipinski definition) is 3. The molecule has 0 fully saturated rings. The fourth-order valence-electron chi connectivity index (χ4n) is 2.51. The second kappa shape index (κ2) is 4.90. The number of aromatic nitrogens is 4. The van der Waals surface area contributed by atoms with E-state index in [2.05, 4.69) is 40.6 Å². The summed E-state index contributed by atoms with van der Waals surface area (Å²) in [6, 6.07) is 0.313. The van der Waals surface area contributed by atoms with Gasteiger partial charge in [-0.2, -0.15) is 5.10 Å². The molecule has 0 radical (unpaired) electrons. The van der Waals surface area contributed by atoms with Crippen LogP contribution in [0.15, 0.2) is 0 Å². The molecule has 0 aliphatic heterocycles. The predicted molar refractivity (Wildman–Crippen MR) is 74.1 cm³/mol. The van der Waals surface area contributed by atoms with Gasteiger partial charge < -0.3 is 9.47 Å². The molecule has 100 valence electrons. The molecule has 2 rings (SSSR count). The van der Waals surface area contributed by atoms with Crippen molar-refractivity contribution in [1.29, 1.82) is 0 Å². The Hall–Kier alpha value is -1.07. The lowest BCUT2D eigenvalue weighted by molar-refractivity contribution is 0.336. The van der Waals surface area contributed by atoms with Crippen LogP contribution in [0.25, 0.3) is 11.2 Å². The van der Waals surface area contributed by atoms with Gasteiger partial charge in [0, 0.05) is 19.6 Å². The molecule has 1 unspecified atom stereocenters. The lowest BCUT2D eigenvalue weighted by Gasteiger charge is -2.20. The maximum absolute atomic E-state index is 6.02. The Labute approximate surface area is 112 Å². The monoisotopic (exact) mass is 269 g/mol. The Morgan fingerprint density at radius 3 is 2.61 bits per heavy atom. The molecule has 0 aromatic carbocycles. The highest BCUT2D eigenvalue weighted by atomic mass is 35.5. The summed E-state index contributed by atoms with van der Waals surface area (Å²) >= 11 is 6.02. The Morgan fingerprint density at radius 2 is 2.06 bits per heavy atom. The molecular weight excluding hydrogens is 250 g/mol. The second-order valence-corrected chi connectivity index (χ2v) is 5.29. The van der Waals surface area contributed by atoms with E-state index in [1.807, 2.05) is 18.7 Å². The zero-order chi connectivity index (χ0) is 13.4. The van der Waals surface area contributed by atoms with E-state index in [4.69, 9.17) is 11.6 Å². The fourth-order valence-corrected chi connectivity index (χ4v) is 2.70. The molecule has 1 atom stereocenters. The number of nitrogens with zero attached hydrogens (tertiary/aromatic N) is 5. The van der Waals surface area contributed by atoms with Crippen molar-refractivity contribution in [2.24, 2.45) is 7.05 Å². The van der Waals surface area contributed by atoms with Crippen molar-refractivity contribution in [2.45, 2.75) is 25.8 Å². The van der Waals surface area contributed by atoms with Gasteiger partial charge in [-0.25, -0.2) is 4.98 Å². The topological polar surface area (TPSA) is 38.9 Å². The van der Waals surface area contributed by atoms with Gasteiger partial charge in [0.25, 0.3) is 0 Å². The molecular formula is C12H20ClN5. The molecule has 0 amide bonds. The Bertz CT molecular complexity index is 554. The molecule has 2 heterocycles. The van der Waals surface area contributed by atoms with Crippen LogP contribution in [0.4, 0.5) is 0 Å². The van der Waals surface area contributed by atoms with E-state index in [1.54, 1.807) is 0 Å². The highest BCUT2D eigenvalue weighted by molar-refractivity contribution is 6.16. The Balaban J connectivity index is 2.59. The second-order valence-electron chi connectivity index (χ2n) is 5.02. The van der Waals surface area contributed by atoms with Crippen molar-refractivity contribution in [3.05, 3.63) is 11.5 Å². The summed E-state index contributed by atoms with van der Waals surface area (Å²) in [5.41, 5.74) is 2.96. The lowest BCUT2D eigenvalue weighted by atomic mass is 10.3. The molecule has 0 N–H and O–H groups in total. The van der Waals surface area contributed by atoms with Crippen LogP contribution in [0, 0.1) is 6.92 Å². The van der Waals surface area contributed by atoms with Gasteiger partial charge in [0.1, 0.15) is 11.3 Å². The van der Waals surface area contributed by atoms with Crippen LogP contribution in [-0.4, -0.2) is 44.9 Å².